The number of esters is 1. The van der Waals surface area contributed by atoms with Gasteiger partial charge >= 0.3 is 18.2 Å². The Hall–Kier alpha value is -5.59. The lowest BCUT2D eigenvalue weighted by Crippen LogP contribution is -2.34. The average molecular weight is 730 g/mol. The molecule has 0 fully saturated rings. The number of carbonyl (C=O) groups is 3. The fourth-order valence-electron chi connectivity index (χ4n) is 5.24. The van der Waals surface area contributed by atoms with E-state index in [-0.39, 0.29) is 31.2 Å². The van der Waals surface area contributed by atoms with Gasteiger partial charge in [-0.3, -0.25) is 10.00 Å². The summed E-state index contributed by atoms with van der Waals surface area (Å²) >= 11 is 0. The number of pyridine rings is 1. The summed E-state index contributed by atoms with van der Waals surface area (Å²) in [7, 11) is 1.54. The van der Waals surface area contributed by atoms with E-state index in [1.165, 1.54) is 16.4 Å². The first-order valence-corrected chi connectivity index (χ1v) is 17.6. The Morgan fingerprint density at radius 2 is 1.53 bits per heavy atom. The summed E-state index contributed by atoms with van der Waals surface area (Å²) in [5.41, 5.74) is 2.92. The molecule has 0 saturated carbocycles. The zero-order chi connectivity index (χ0) is 38.9. The van der Waals surface area contributed by atoms with Crippen LogP contribution in [0.1, 0.15) is 89.8 Å². The number of alkyl carbamates (subject to hydrolysis) is 1. The van der Waals surface area contributed by atoms with Gasteiger partial charge in [-0.25, -0.2) is 19.4 Å². The molecule has 4 rings (SSSR count). The number of rotatable bonds is 13. The van der Waals surface area contributed by atoms with Crippen LogP contribution in [0.15, 0.2) is 60.8 Å². The second-order valence-corrected chi connectivity index (χ2v) is 14.6. The van der Waals surface area contributed by atoms with Crippen molar-refractivity contribution in [3.8, 4) is 33.9 Å². The van der Waals surface area contributed by atoms with Gasteiger partial charge in [0.1, 0.15) is 29.3 Å². The molecule has 0 bridgehead atoms. The van der Waals surface area contributed by atoms with Crippen molar-refractivity contribution < 1.29 is 38.1 Å². The third-order valence-electron chi connectivity index (χ3n) is 7.57. The maximum atomic E-state index is 13.7. The standard InChI is InChI=1S/C40H51N5O8/c1-11-50-36(46)35-33(28-16-17-30(31(22-28)49-10)51-24-26-12-14-27(15-13-26)25(2)3)34(44-45(35)21-20-42-37(47)52-39(4,5)6)29-18-19-41-32(23-29)43-38(48)53-40(7,8)9/h12-19,22-23,25H,11,20-21,24H2,1-10H3,(H,42,47)(H,41,43,48). The van der Waals surface area contributed by atoms with E-state index in [2.05, 4.69) is 41.6 Å². The average Bonchev–Trinajstić information content (AvgIpc) is 3.45. The molecule has 2 N–H and O–H groups in total. The van der Waals surface area contributed by atoms with Gasteiger partial charge < -0.3 is 29.0 Å². The Balaban J connectivity index is 1.78. The number of benzene rings is 2. The summed E-state index contributed by atoms with van der Waals surface area (Å²) < 4.78 is 29.8. The van der Waals surface area contributed by atoms with Crippen LogP contribution in [0.3, 0.4) is 0 Å². The topological polar surface area (TPSA) is 152 Å². The van der Waals surface area contributed by atoms with E-state index in [9.17, 15) is 14.4 Å². The predicted molar refractivity (Wildman–Crippen MR) is 202 cm³/mol. The van der Waals surface area contributed by atoms with Crippen molar-refractivity contribution in [3.05, 3.63) is 77.6 Å². The molecule has 0 spiro atoms. The second-order valence-electron chi connectivity index (χ2n) is 14.6. The van der Waals surface area contributed by atoms with Crippen LogP contribution in [0.2, 0.25) is 0 Å². The lowest BCUT2D eigenvalue weighted by Gasteiger charge is -2.19. The summed E-state index contributed by atoms with van der Waals surface area (Å²) in [5.74, 6) is 0.953. The normalized spacial score (nSPS) is 11.5. The zero-order valence-electron chi connectivity index (χ0n) is 32.3. The second kappa shape index (κ2) is 17.3. The monoisotopic (exact) mass is 729 g/mol. The fraction of sp³-hybridized carbons (Fsp3) is 0.425. The van der Waals surface area contributed by atoms with E-state index in [4.69, 9.17) is 28.8 Å². The van der Waals surface area contributed by atoms with Gasteiger partial charge in [0.15, 0.2) is 17.2 Å². The zero-order valence-corrected chi connectivity index (χ0v) is 32.3. The minimum Gasteiger partial charge on any atom is -0.493 e. The number of nitrogens with one attached hydrogen (secondary N) is 2. The molecule has 2 amide bonds. The van der Waals surface area contributed by atoms with Gasteiger partial charge in [0, 0.05) is 23.9 Å². The van der Waals surface area contributed by atoms with Crippen LogP contribution in [-0.2, 0) is 27.4 Å². The van der Waals surface area contributed by atoms with E-state index in [1.807, 2.05) is 18.2 Å². The minimum atomic E-state index is -0.719. The van der Waals surface area contributed by atoms with Crippen molar-refractivity contribution in [3.63, 3.8) is 0 Å². The molecule has 0 atom stereocenters. The molecule has 2 aromatic carbocycles. The molecular weight excluding hydrogens is 678 g/mol. The first-order chi connectivity index (χ1) is 25.0. The van der Waals surface area contributed by atoms with Gasteiger partial charge in [-0.05, 0) is 95.3 Å². The molecule has 2 heterocycles. The number of ether oxygens (including phenoxy) is 5. The molecule has 284 valence electrons. The molecule has 0 aliphatic rings. The van der Waals surface area contributed by atoms with Crippen molar-refractivity contribution >= 4 is 24.0 Å². The Kier molecular flexibility index (Phi) is 13.1. The van der Waals surface area contributed by atoms with Gasteiger partial charge in [0.2, 0.25) is 0 Å². The quantitative estimate of drug-likeness (QED) is 0.101. The van der Waals surface area contributed by atoms with E-state index in [1.54, 1.807) is 79.8 Å². The first-order valence-electron chi connectivity index (χ1n) is 17.6. The number of hydrogen-bond acceptors (Lipinski definition) is 10. The highest BCUT2D eigenvalue weighted by molar-refractivity contribution is 6.01. The van der Waals surface area contributed by atoms with E-state index in [0.29, 0.717) is 46.4 Å². The van der Waals surface area contributed by atoms with E-state index >= 15 is 0 Å². The molecular formula is C40H51N5O8. The lowest BCUT2D eigenvalue weighted by atomic mass is 9.98. The number of methoxy groups -OCH3 is 1. The smallest absolute Gasteiger partial charge is 0.413 e. The Bertz CT molecular complexity index is 1890. The highest BCUT2D eigenvalue weighted by Crippen LogP contribution is 2.40. The SMILES string of the molecule is CCOC(=O)c1c(-c2ccc(OCc3ccc(C(C)C)cc3)c(OC)c2)c(-c2ccnc(NC(=O)OC(C)(C)C)c2)nn1CCNC(=O)OC(C)(C)C. The van der Waals surface area contributed by atoms with Crippen molar-refractivity contribution in [1.82, 2.24) is 20.1 Å². The Labute approximate surface area is 311 Å². The lowest BCUT2D eigenvalue weighted by molar-refractivity contribution is 0.0511. The van der Waals surface area contributed by atoms with Crippen LogP contribution >= 0.6 is 0 Å². The summed E-state index contributed by atoms with van der Waals surface area (Å²) in [6.45, 7) is 17.2. The van der Waals surface area contributed by atoms with Crippen LogP contribution in [-0.4, -0.2) is 64.4 Å². The van der Waals surface area contributed by atoms with Crippen LogP contribution in [0.5, 0.6) is 11.5 Å². The summed E-state index contributed by atoms with van der Waals surface area (Å²) in [6.07, 6.45) is 0.236. The number of carbonyl (C=O) groups excluding carboxylic acids is 3. The van der Waals surface area contributed by atoms with E-state index in [0.717, 1.165) is 5.56 Å². The molecule has 13 heteroatoms. The van der Waals surface area contributed by atoms with Gasteiger partial charge in [-0.15, -0.1) is 0 Å². The highest BCUT2D eigenvalue weighted by Gasteiger charge is 2.28. The highest BCUT2D eigenvalue weighted by atomic mass is 16.6. The number of hydrogen-bond donors (Lipinski definition) is 2. The Morgan fingerprint density at radius 3 is 2.15 bits per heavy atom. The van der Waals surface area contributed by atoms with Crippen molar-refractivity contribution in [2.75, 3.05) is 25.6 Å². The molecule has 0 saturated heterocycles. The molecule has 0 unspecified atom stereocenters. The summed E-state index contributed by atoms with van der Waals surface area (Å²) in [5, 5.41) is 10.3. The molecule has 0 radical (unpaired) electrons. The third kappa shape index (κ3) is 11.4. The van der Waals surface area contributed by atoms with Gasteiger partial charge in [-0.1, -0.05) is 44.2 Å². The minimum absolute atomic E-state index is 0.0952. The van der Waals surface area contributed by atoms with E-state index < -0.39 is 29.4 Å². The Morgan fingerprint density at radius 1 is 0.849 bits per heavy atom. The summed E-state index contributed by atoms with van der Waals surface area (Å²) in [6, 6.07) is 17.0. The number of aromatic nitrogens is 3. The molecule has 2 aromatic heterocycles. The van der Waals surface area contributed by atoms with Crippen LogP contribution in [0.4, 0.5) is 15.4 Å². The van der Waals surface area contributed by atoms with Crippen molar-refractivity contribution in [1.29, 1.82) is 0 Å². The number of anilines is 1. The molecule has 13 nitrogen and oxygen atoms in total. The molecule has 53 heavy (non-hydrogen) atoms. The largest absolute Gasteiger partial charge is 0.493 e. The predicted octanol–water partition coefficient (Wildman–Crippen LogP) is 8.37. The first kappa shape index (κ1) is 40.2. The summed E-state index contributed by atoms with van der Waals surface area (Å²) in [4.78, 5) is 43.1. The van der Waals surface area contributed by atoms with Crippen LogP contribution in [0.25, 0.3) is 22.4 Å². The maximum Gasteiger partial charge on any atom is 0.413 e. The molecule has 0 aliphatic carbocycles. The fourth-order valence-corrected chi connectivity index (χ4v) is 5.24. The van der Waals surface area contributed by atoms with Gasteiger partial charge in [0.05, 0.1) is 20.3 Å². The maximum absolute atomic E-state index is 13.7. The van der Waals surface area contributed by atoms with Crippen LogP contribution in [0, 0.1) is 0 Å². The molecule has 0 aliphatic heterocycles. The third-order valence-corrected chi connectivity index (χ3v) is 7.57. The van der Waals surface area contributed by atoms with Gasteiger partial charge in [0.25, 0.3) is 0 Å². The number of amides is 2. The molecule has 4 aromatic rings. The van der Waals surface area contributed by atoms with Gasteiger partial charge in [-0.2, -0.15) is 5.10 Å². The number of nitrogens with zero attached hydrogens (tertiary/aromatic N) is 3. The van der Waals surface area contributed by atoms with Crippen molar-refractivity contribution in [2.24, 2.45) is 0 Å². The van der Waals surface area contributed by atoms with Crippen LogP contribution < -0.4 is 20.1 Å². The van der Waals surface area contributed by atoms with Crippen molar-refractivity contribution in [2.45, 2.75) is 92.6 Å².